The number of aromatic nitrogens is 1. The molecule has 0 spiro atoms. The number of nitrogens with zero attached hydrogens (tertiary/aromatic N) is 1. The van der Waals surface area contributed by atoms with Crippen LogP contribution in [0.15, 0.2) is 24.5 Å². The number of hydrogen-bond acceptors (Lipinski definition) is 2. The molecule has 0 saturated heterocycles. The number of nitrogens with one attached hydrogen (secondary N) is 1. The van der Waals surface area contributed by atoms with Gasteiger partial charge in [-0.3, -0.25) is 4.98 Å². The standard InChI is InChI=1S/C13H18N2/c1-3-5-6-13(15-9-4-2)12-7-10-14-11-8-12/h7-8,10-11,13,15H,4,6,9H2,1-2H3. The summed E-state index contributed by atoms with van der Waals surface area (Å²) in [6.07, 6.45) is 5.66. The van der Waals surface area contributed by atoms with Crippen molar-refractivity contribution < 1.29 is 0 Å². The monoisotopic (exact) mass is 202 g/mol. The van der Waals surface area contributed by atoms with E-state index in [1.54, 1.807) is 0 Å². The van der Waals surface area contributed by atoms with Crippen molar-refractivity contribution in [3.05, 3.63) is 30.1 Å². The van der Waals surface area contributed by atoms with Crippen LogP contribution in [0.2, 0.25) is 0 Å². The first kappa shape index (κ1) is 11.7. The molecule has 2 nitrogen and oxygen atoms in total. The van der Waals surface area contributed by atoms with Gasteiger partial charge < -0.3 is 5.32 Å². The molecule has 2 heteroatoms. The molecule has 0 bridgehead atoms. The smallest absolute Gasteiger partial charge is 0.0432 e. The predicted molar refractivity (Wildman–Crippen MR) is 63.3 cm³/mol. The summed E-state index contributed by atoms with van der Waals surface area (Å²) < 4.78 is 0. The first-order chi connectivity index (χ1) is 7.38. The summed E-state index contributed by atoms with van der Waals surface area (Å²) in [6.45, 7) is 5.07. The maximum atomic E-state index is 4.02. The van der Waals surface area contributed by atoms with Gasteiger partial charge in [0, 0.05) is 24.9 Å². The van der Waals surface area contributed by atoms with E-state index in [0.717, 1.165) is 19.4 Å². The maximum absolute atomic E-state index is 4.02. The number of hydrogen-bond donors (Lipinski definition) is 1. The third kappa shape index (κ3) is 4.14. The minimum Gasteiger partial charge on any atom is -0.309 e. The van der Waals surface area contributed by atoms with Gasteiger partial charge in [-0.05, 0) is 37.6 Å². The van der Waals surface area contributed by atoms with Crippen molar-refractivity contribution in [2.75, 3.05) is 6.54 Å². The van der Waals surface area contributed by atoms with Crippen LogP contribution in [0.5, 0.6) is 0 Å². The van der Waals surface area contributed by atoms with Gasteiger partial charge in [-0.25, -0.2) is 0 Å². The van der Waals surface area contributed by atoms with Crippen LogP contribution in [-0.2, 0) is 0 Å². The lowest BCUT2D eigenvalue weighted by atomic mass is 10.1. The van der Waals surface area contributed by atoms with Crippen molar-refractivity contribution in [3.8, 4) is 11.8 Å². The lowest BCUT2D eigenvalue weighted by Gasteiger charge is -2.15. The van der Waals surface area contributed by atoms with Gasteiger partial charge in [0.25, 0.3) is 0 Å². The summed E-state index contributed by atoms with van der Waals surface area (Å²) in [5.41, 5.74) is 1.27. The Morgan fingerprint density at radius 2 is 2.13 bits per heavy atom. The average Bonchev–Trinajstić information content (AvgIpc) is 2.30. The van der Waals surface area contributed by atoms with E-state index in [1.165, 1.54) is 5.56 Å². The van der Waals surface area contributed by atoms with Crippen molar-refractivity contribution in [1.29, 1.82) is 0 Å². The summed E-state index contributed by atoms with van der Waals surface area (Å²) in [5.74, 6) is 6.06. The Labute approximate surface area is 92.1 Å². The topological polar surface area (TPSA) is 24.9 Å². The van der Waals surface area contributed by atoms with E-state index < -0.39 is 0 Å². The highest BCUT2D eigenvalue weighted by atomic mass is 14.9. The summed E-state index contributed by atoms with van der Waals surface area (Å²) in [5, 5.41) is 3.49. The fourth-order valence-electron chi connectivity index (χ4n) is 1.43. The van der Waals surface area contributed by atoms with Crippen molar-refractivity contribution in [2.45, 2.75) is 32.7 Å². The Balaban J connectivity index is 2.65. The van der Waals surface area contributed by atoms with E-state index in [0.29, 0.717) is 6.04 Å². The molecule has 15 heavy (non-hydrogen) atoms. The molecule has 0 radical (unpaired) electrons. The van der Waals surface area contributed by atoms with Crippen LogP contribution in [0.3, 0.4) is 0 Å². The number of rotatable bonds is 5. The molecular formula is C13H18N2. The molecule has 0 aliphatic carbocycles. The normalized spacial score (nSPS) is 11.6. The summed E-state index contributed by atoms with van der Waals surface area (Å²) in [7, 11) is 0. The molecule has 0 saturated carbocycles. The molecule has 80 valence electrons. The molecule has 1 atom stereocenters. The molecule has 0 fully saturated rings. The second-order valence-corrected chi connectivity index (χ2v) is 3.42. The molecule has 1 aromatic rings. The molecule has 1 aromatic heterocycles. The minimum atomic E-state index is 0.334. The Kier molecular flexibility index (Phi) is 5.50. The molecule has 1 unspecified atom stereocenters. The lowest BCUT2D eigenvalue weighted by Crippen LogP contribution is -2.21. The van der Waals surface area contributed by atoms with Gasteiger partial charge in [-0.2, -0.15) is 0 Å². The fourth-order valence-corrected chi connectivity index (χ4v) is 1.43. The van der Waals surface area contributed by atoms with Crippen LogP contribution >= 0.6 is 0 Å². The highest BCUT2D eigenvalue weighted by Crippen LogP contribution is 2.14. The van der Waals surface area contributed by atoms with E-state index in [4.69, 9.17) is 0 Å². The van der Waals surface area contributed by atoms with Gasteiger partial charge in [0.05, 0.1) is 0 Å². The number of pyridine rings is 1. The zero-order valence-electron chi connectivity index (χ0n) is 9.46. The van der Waals surface area contributed by atoms with Crippen LogP contribution in [0.1, 0.15) is 38.3 Å². The van der Waals surface area contributed by atoms with Crippen LogP contribution in [0.4, 0.5) is 0 Å². The summed E-state index contributed by atoms with van der Waals surface area (Å²) >= 11 is 0. The quantitative estimate of drug-likeness (QED) is 0.742. The van der Waals surface area contributed by atoms with Crippen molar-refractivity contribution in [3.63, 3.8) is 0 Å². The molecular weight excluding hydrogens is 184 g/mol. The average molecular weight is 202 g/mol. The second kappa shape index (κ2) is 7.03. The zero-order valence-corrected chi connectivity index (χ0v) is 9.46. The van der Waals surface area contributed by atoms with E-state index >= 15 is 0 Å². The molecule has 0 amide bonds. The lowest BCUT2D eigenvalue weighted by molar-refractivity contribution is 0.542. The Morgan fingerprint density at radius 1 is 1.40 bits per heavy atom. The largest absolute Gasteiger partial charge is 0.309 e. The van der Waals surface area contributed by atoms with E-state index in [2.05, 4.69) is 29.1 Å². The second-order valence-electron chi connectivity index (χ2n) is 3.42. The first-order valence-corrected chi connectivity index (χ1v) is 5.41. The van der Waals surface area contributed by atoms with Crippen LogP contribution in [0.25, 0.3) is 0 Å². The van der Waals surface area contributed by atoms with Crippen LogP contribution in [0, 0.1) is 11.8 Å². The van der Waals surface area contributed by atoms with Gasteiger partial charge >= 0.3 is 0 Å². The van der Waals surface area contributed by atoms with E-state index in [9.17, 15) is 0 Å². The van der Waals surface area contributed by atoms with Crippen molar-refractivity contribution >= 4 is 0 Å². The van der Waals surface area contributed by atoms with E-state index in [1.807, 2.05) is 31.5 Å². The fraction of sp³-hybridized carbons (Fsp3) is 0.462. The maximum Gasteiger partial charge on any atom is 0.0432 e. The highest BCUT2D eigenvalue weighted by molar-refractivity contribution is 5.17. The van der Waals surface area contributed by atoms with Gasteiger partial charge in [-0.1, -0.05) is 6.92 Å². The molecule has 1 N–H and O–H groups in total. The van der Waals surface area contributed by atoms with Crippen molar-refractivity contribution in [1.82, 2.24) is 10.3 Å². The molecule has 0 aliphatic rings. The van der Waals surface area contributed by atoms with E-state index in [-0.39, 0.29) is 0 Å². The Bertz CT molecular complexity index is 321. The Hall–Kier alpha value is -1.33. The van der Waals surface area contributed by atoms with Gasteiger partial charge in [0.1, 0.15) is 0 Å². The summed E-state index contributed by atoms with van der Waals surface area (Å²) in [4.78, 5) is 4.02. The molecule has 0 aliphatic heterocycles. The Morgan fingerprint density at radius 3 is 2.73 bits per heavy atom. The zero-order chi connectivity index (χ0) is 10.9. The third-order valence-corrected chi connectivity index (χ3v) is 2.23. The van der Waals surface area contributed by atoms with Crippen LogP contribution < -0.4 is 5.32 Å². The molecule has 1 rings (SSSR count). The highest BCUT2D eigenvalue weighted by Gasteiger charge is 2.07. The first-order valence-electron chi connectivity index (χ1n) is 5.41. The van der Waals surface area contributed by atoms with Gasteiger partial charge in [-0.15, -0.1) is 11.8 Å². The SMILES string of the molecule is CC#CCC(NCCC)c1ccncc1. The van der Waals surface area contributed by atoms with Crippen LogP contribution in [-0.4, -0.2) is 11.5 Å². The van der Waals surface area contributed by atoms with Gasteiger partial charge in [0.2, 0.25) is 0 Å². The van der Waals surface area contributed by atoms with Crippen molar-refractivity contribution in [2.24, 2.45) is 0 Å². The third-order valence-electron chi connectivity index (χ3n) is 2.23. The minimum absolute atomic E-state index is 0.334. The molecule has 0 aromatic carbocycles. The summed E-state index contributed by atoms with van der Waals surface area (Å²) in [6, 6.07) is 4.43. The predicted octanol–water partition coefficient (Wildman–Crippen LogP) is 2.54. The molecule has 1 heterocycles. The van der Waals surface area contributed by atoms with Gasteiger partial charge in [0.15, 0.2) is 0 Å².